The lowest BCUT2D eigenvalue weighted by atomic mass is 10.2. The highest BCUT2D eigenvalue weighted by molar-refractivity contribution is 6.61. The first kappa shape index (κ1) is 35.5. The summed E-state index contributed by atoms with van der Waals surface area (Å²) in [6.45, 7) is 18.4. The van der Waals surface area contributed by atoms with E-state index in [9.17, 15) is 9.59 Å². The Kier molecular flexibility index (Phi) is 12.1. The number of nitrogens with zero attached hydrogens (tertiary/aromatic N) is 3. The molecule has 1 aromatic rings. The Morgan fingerprint density at radius 1 is 0.630 bits per heavy atom. The van der Waals surface area contributed by atoms with Crippen LogP contribution in [0.25, 0.3) is 0 Å². The van der Waals surface area contributed by atoms with Gasteiger partial charge in [0.1, 0.15) is 11.4 Å². The van der Waals surface area contributed by atoms with Gasteiger partial charge in [-0.05, 0) is 66.5 Å². The van der Waals surface area contributed by atoms with Crippen molar-refractivity contribution in [3.63, 3.8) is 0 Å². The molecule has 0 aliphatic carbocycles. The van der Waals surface area contributed by atoms with Crippen LogP contribution in [0.15, 0.2) is 18.2 Å². The molecular formula is C31H53N5O8Si2. The third-order valence-electron chi connectivity index (χ3n) is 8.48. The summed E-state index contributed by atoms with van der Waals surface area (Å²) in [5, 5.41) is 5.88. The molecule has 6 aliphatic heterocycles. The normalized spacial score (nSPS) is 38.0. The van der Waals surface area contributed by atoms with Gasteiger partial charge in [0.2, 0.25) is 0 Å². The zero-order valence-electron chi connectivity index (χ0n) is 28.3. The van der Waals surface area contributed by atoms with E-state index in [0.29, 0.717) is 38.0 Å². The number of hydrogen-bond donors (Lipinski definition) is 2. The van der Waals surface area contributed by atoms with Gasteiger partial charge in [0.15, 0.2) is 0 Å². The smallest absolute Gasteiger partial charge is 0.369 e. The van der Waals surface area contributed by atoms with Crippen LogP contribution in [0.1, 0.15) is 75.4 Å². The van der Waals surface area contributed by atoms with Gasteiger partial charge in [-0.15, -0.1) is 0 Å². The third-order valence-corrected chi connectivity index (χ3v) is 15.0. The highest BCUT2D eigenvalue weighted by Crippen LogP contribution is 2.30. The number of nitrogens with one attached hydrogen (secondary N) is 2. The number of aromatic nitrogens is 1. The van der Waals surface area contributed by atoms with Crippen LogP contribution in [0.3, 0.4) is 0 Å². The van der Waals surface area contributed by atoms with Gasteiger partial charge in [-0.25, -0.2) is 4.98 Å². The van der Waals surface area contributed by atoms with Crippen LogP contribution in [0.2, 0.25) is 12.1 Å². The van der Waals surface area contributed by atoms with E-state index >= 15 is 0 Å². The molecular weight excluding hydrogens is 627 g/mol. The second kappa shape index (κ2) is 15.6. The van der Waals surface area contributed by atoms with Crippen molar-refractivity contribution in [3.05, 3.63) is 29.6 Å². The van der Waals surface area contributed by atoms with Gasteiger partial charge >= 0.3 is 17.6 Å². The van der Waals surface area contributed by atoms with Crippen LogP contribution in [-0.4, -0.2) is 133 Å². The predicted octanol–water partition coefficient (Wildman–Crippen LogP) is 2.29. The van der Waals surface area contributed by atoms with Gasteiger partial charge in [0.25, 0.3) is 11.8 Å². The average Bonchev–Trinajstić information content (AvgIpc) is 2.93. The highest BCUT2D eigenvalue weighted by atomic mass is 28.4. The Bertz CT molecular complexity index is 1040. The van der Waals surface area contributed by atoms with Crippen LogP contribution in [0, 0.1) is 0 Å². The van der Waals surface area contributed by atoms with Gasteiger partial charge in [0.05, 0.1) is 36.6 Å². The molecule has 46 heavy (non-hydrogen) atoms. The number of rotatable bonds is 10. The average molecular weight is 680 g/mol. The molecule has 0 radical (unpaired) electrons. The van der Waals surface area contributed by atoms with Crippen molar-refractivity contribution in [2.24, 2.45) is 0 Å². The van der Waals surface area contributed by atoms with E-state index in [1.54, 1.807) is 18.2 Å². The number of hydrogen-bond acceptors (Lipinski definition) is 11. The fourth-order valence-electron chi connectivity index (χ4n) is 7.09. The maximum absolute atomic E-state index is 13.0. The molecule has 6 aliphatic rings. The van der Waals surface area contributed by atoms with E-state index in [1.165, 1.54) is 0 Å². The third kappa shape index (κ3) is 9.64. The maximum atomic E-state index is 13.0. The number of carbonyl (C=O) groups is 2. The largest absolute Gasteiger partial charge is 0.501 e. The Labute approximate surface area is 275 Å². The number of carbonyl (C=O) groups excluding carboxylic acids is 2. The van der Waals surface area contributed by atoms with Crippen LogP contribution < -0.4 is 10.6 Å². The number of amides is 2. The standard InChI is InChI=1S/C31H53N5O8Si2/c1-22-16-35-17-23(2)40-45(39-22,41-24(3)18-35)14-8-12-32-30(37)28-10-7-11-29(34-28)31(38)33-13-9-15-46-42-25(4)19-36(20-26(5)43-46)21-27(6)44-46/h7,10-11,22-27H,8-9,12-21H2,1-6H3,(H,32,37)(H,33,38). The molecule has 13 nitrogen and oxygen atoms in total. The second-order valence-electron chi connectivity index (χ2n) is 13.5. The minimum atomic E-state index is -2.91. The highest BCUT2D eigenvalue weighted by Gasteiger charge is 2.50. The Hall–Kier alpha value is -1.80. The first-order valence-corrected chi connectivity index (χ1v) is 20.8. The van der Waals surface area contributed by atoms with Gasteiger partial charge in [-0.2, -0.15) is 0 Å². The van der Waals surface area contributed by atoms with E-state index in [-0.39, 0.29) is 59.8 Å². The van der Waals surface area contributed by atoms with E-state index in [4.69, 9.17) is 26.6 Å². The molecule has 6 fully saturated rings. The maximum Gasteiger partial charge on any atom is 0.501 e. The molecule has 7 heterocycles. The van der Waals surface area contributed by atoms with Crippen LogP contribution in [0.5, 0.6) is 0 Å². The van der Waals surface area contributed by atoms with E-state index in [2.05, 4.69) is 67.0 Å². The quantitative estimate of drug-likeness (QED) is 0.279. The summed E-state index contributed by atoms with van der Waals surface area (Å²) in [6.07, 6.45) is 1.41. The summed E-state index contributed by atoms with van der Waals surface area (Å²) in [5.74, 6) is -0.669. The fraction of sp³-hybridized carbons (Fsp3) is 0.774. The molecule has 6 saturated heterocycles. The molecule has 2 amide bonds. The van der Waals surface area contributed by atoms with Gasteiger partial charge < -0.3 is 37.2 Å². The van der Waals surface area contributed by atoms with Crippen molar-refractivity contribution in [2.75, 3.05) is 52.4 Å². The lowest BCUT2D eigenvalue weighted by molar-refractivity contribution is -0.0798. The molecule has 1 aromatic heterocycles. The molecule has 0 saturated carbocycles. The van der Waals surface area contributed by atoms with E-state index in [0.717, 1.165) is 39.3 Å². The van der Waals surface area contributed by atoms with Gasteiger partial charge in [-0.3, -0.25) is 19.4 Å². The molecule has 6 atom stereocenters. The van der Waals surface area contributed by atoms with Gasteiger partial charge in [-0.1, -0.05) is 6.07 Å². The Balaban J connectivity index is 1.09. The van der Waals surface area contributed by atoms with Crippen molar-refractivity contribution in [2.45, 2.75) is 103 Å². The van der Waals surface area contributed by atoms with Crippen molar-refractivity contribution in [1.29, 1.82) is 0 Å². The zero-order valence-corrected chi connectivity index (χ0v) is 30.3. The molecule has 4 bridgehead atoms. The van der Waals surface area contributed by atoms with Crippen LogP contribution in [-0.2, 0) is 26.6 Å². The van der Waals surface area contributed by atoms with Crippen molar-refractivity contribution in [1.82, 2.24) is 25.4 Å². The van der Waals surface area contributed by atoms with E-state index in [1.807, 2.05) is 0 Å². The predicted molar refractivity (Wildman–Crippen MR) is 175 cm³/mol. The van der Waals surface area contributed by atoms with Crippen molar-refractivity contribution < 1.29 is 36.1 Å². The van der Waals surface area contributed by atoms with E-state index < -0.39 is 17.6 Å². The number of pyridine rings is 1. The lowest BCUT2D eigenvalue weighted by Gasteiger charge is -2.45. The van der Waals surface area contributed by atoms with Crippen LogP contribution >= 0.6 is 0 Å². The van der Waals surface area contributed by atoms with Crippen molar-refractivity contribution >= 4 is 29.4 Å². The fourth-order valence-corrected chi connectivity index (χ4v) is 13.5. The second-order valence-corrected chi connectivity index (χ2v) is 18.6. The molecule has 2 N–H and O–H groups in total. The SMILES string of the molecule is CC1CN2CC(C)O[Si](CCCNC(=O)c3cccc(C(=O)NCCC[Si]45OC(C)CN(CC(C)O4)CC(C)O5)n3)(O1)OC(C)C2. The first-order chi connectivity index (χ1) is 21.9. The summed E-state index contributed by atoms with van der Waals surface area (Å²) < 4.78 is 38.4. The number of fused-ring (bicyclic) bond motifs is 12. The Morgan fingerprint density at radius 3 is 1.24 bits per heavy atom. The molecule has 258 valence electrons. The Morgan fingerprint density at radius 2 is 0.935 bits per heavy atom. The minimum Gasteiger partial charge on any atom is -0.369 e. The van der Waals surface area contributed by atoms with Gasteiger partial charge in [0, 0.05) is 64.4 Å². The molecule has 0 spiro atoms. The summed E-state index contributed by atoms with van der Waals surface area (Å²) in [4.78, 5) is 35.0. The zero-order chi connectivity index (χ0) is 32.9. The monoisotopic (exact) mass is 679 g/mol. The molecule has 15 heteroatoms. The topological polar surface area (TPSA) is 133 Å². The first-order valence-electron chi connectivity index (χ1n) is 17.0. The summed E-state index contributed by atoms with van der Waals surface area (Å²) >= 11 is 0. The summed E-state index contributed by atoms with van der Waals surface area (Å²) in [7, 11) is -5.82. The molecule has 6 unspecified atom stereocenters. The van der Waals surface area contributed by atoms with Crippen molar-refractivity contribution in [3.8, 4) is 0 Å². The lowest BCUT2D eigenvalue weighted by Crippen LogP contribution is -2.61. The molecule has 0 aromatic carbocycles. The summed E-state index contributed by atoms with van der Waals surface area (Å²) in [6, 6.07) is 6.12. The van der Waals surface area contributed by atoms with Crippen LogP contribution in [0.4, 0.5) is 0 Å². The summed E-state index contributed by atoms with van der Waals surface area (Å²) in [5.41, 5.74) is 0.382. The molecule has 7 rings (SSSR count). The minimum absolute atomic E-state index is 0.0199.